The maximum Gasteiger partial charge on any atom is 0.273 e. The largest absolute Gasteiger partial charge is 0.337 e. The van der Waals surface area contributed by atoms with E-state index in [1.807, 2.05) is 18.0 Å². The van der Waals surface area contributed by atoms with E-state index < -0.39 is 0 Å². The van der Waals surface area contributed by atoms with Crippen LogP contribution in [0, 0.1) is 0 Å². The summed E-state index contributed by atoms with van der Waals surface area (Å²) in [5.41, 5.74) is 1.29. The van der Waals surface area contributed by atoms with Gasteiger partial charge in [0.25, 0.3) is 5.91 Å². The highest BCUT2D eigenvalue weighted by Gasteiger charge is 2.24. The Labute approximate surface area is 173 Å². The molecule has 0 atom stereocenters. The number of hydrogen-bond donors (Lipinski definition) is 1. The zero-order valence-electron chi connectivity index (χ0n) is 13.5. The third-order valence-corrected chi connectivity index (χ3v) is 5.50. The normalized spacial score (nSPS) is 14.6. The molecule has 1 aromatic carbocycles. The summed E-state index contributed by atoms with van der Waals surface area (Å²) in [6, 6.07) is 5.78. The van der Waals surface area contributed by atoms with Gasteiger partial charge in [-0.1, -0.05) is 23.2 Å². The molecule has 0 spiro atoms. The highest BCUT2D eigenvalue weighted by molar-refractivity contribution is 7.13. The van der Waals surface area contributed by atoms with E-state index >= 15 is 0 Å². The molecule has 0 saturated carbocycles. The van der Waals surface area contributed by atoms with Crippen LogP contribution in [0.3, 0.4) is 0 Å². The van der Waals surface area contributed by atoms with Crippen LogP contribution < -0.4 is 5.32 Å². The van der Waals surface area contributed by atoms with Crippen LogP contribution in [0.2, 0.25) is 10.0 Å². The van der Waals surface area contributed by atoms with Gasteiger partial charge in [0.2, 0.25) is 0 Å². The average Bonchev–Trinajstić information content (AvgIpc) is 3.04. The number of carbonyl (C=O) groups excluding carboxylic acids is 1. The highest BCUT2D eigenvalue weighted by Crippen LogP contribution is 2.32. The fourth-order valence-electron chi connectivity index (χ4n) is 2.69. The number of nitrogens with zero attached hydrogens (tertiary/aromatic N) is 2. The third-order valence-electron chi connectivity index (χ3n) is 4.08. The Kier molecular flexibility index (Phi) is 8.95. The van der Waals surface area contributed by atoms with Crippen molar-refractivity contribution in [3.63, 3.8) is 0 Å². The Balaban J connectivity index is 0.00000156. The Morgan fingerprint density at radius 3 is 2.56 bits per heavy atom. The van der Waals surface area contributed by atoms with Crippen molar-refractivity contribution in [2.45, 2.75) is 18.9 Å². The van der Waals surface area contributed by atoms with E-state index in [2.05, 4.69) is 10.3 Å². The highest BCUT2D eigenvalue weighted by atomic mass is 35.5. The maximum absolute atomic E-state index is 12.6. The molecular weight excluding hydrogens is 424 g/mol. The van der Waals surface area contributed by atoms with Crippen LogP contribution in [-0.2, 0) is 0 Å². The molecule has 25 heavy (non-hydrogen) atoms. The van der Waals surface area contributed by atoms with Crippen LogP contribution in [-0.4, -0.2) is 42.0 Å². The lowest BCUT2D eigenvalue weighted by atomic mass is 10.1. The second-order valence-electron chi connectivity index (χ2n) is 5.52. The summed E-state index contributed by atoms with van der Waals surface area (Å²) < 4.78 is 0. The van der Waals surface area contributed by atoms with E-state index in [-0.39, 0.29) is 30.7 Å². The molecule has 1 aliphatic heterocycles. The average molecular weight is 443 g/mol. The van der Waals surface area contributed by atoms with Gasteiger partial charge >= 0.3 is 0 Å². The number of likely N-dealkylation sites (tertiary alicyclic amines) is 1. The zero-order valence-corrected chi connectivity index (χ0v) is 17.5. The van der Waals surface area contributed by atoms with Gasteiger partial charge in [0, 0.05) is 35.1 Å². The van der Waals surface area contributed by atoms with E-state index in [9.17, 15) is 4.79 Å². The van der Waals surface area contributed by atoms with Gasteiger partial charge < -0.3 is 10.2 Å². The van der Waals surface area contributed by atoms with Crippen molar-refractivity contribution < 1.29 is 4.79 Å². The van der Waals surface area contributed by atoms with Crippen molar-refractivity contribution in [1.29, 1.82) is 0 Å². The van der Waals surface area contributed by atoms with Gasteiger partial charge in [0.1, 0.15) is 10.7 Å². The van der Waals surface area contributed by atoms with Crippen molar-refractivity contribution >= 4 is 65.3 Å². The number of halogens is 4. The maximum atomic E-state index is 12.6. The van der Waals surface area contributed by atoms with Gasteiger partial charge in [-0.25, -0.2) is 4.98 Å². The molecule has 0 radical (unpaired) electrons. The molecule has 1 amide bonds. The van der Waals surface area contributed by atoms with Crippen LogP contribution in [0.25, 0.3) is 10.6 Å². The number of nitrogens with one attached hydrogen (secondary N) is 1. The first kappa shape index (κ1) is 22.5. The molecule has 138 valence electrons. The quantitative estimate of drug-likeness (QED) is 0.743. The predicted octanol–water partition coefficient (Wildman–Crippen LogP) is 4.78. The summed E-state index contributed by atoms with van der Waals surface area (Å²) >= 11 is 13.6. The molecular formula is C16H19Cl4N3OS. The molecule has 0 aliphatic carbocycles. The first-order valence-corrected chi connectivity index (χ1v) is 9.09. The molecule has 1 saturated heterocycles. The van der Waals surface area contributed by atoms with Gasteiger partial charge in [-0.2, -0.15) is 0 Å². The van der Waals surface area contributed by atoms with E-state index in [0.717, 1.165) is 36.5 Å². The van der Waals surface area contributed by atoms with E-state index in [4.69, 9.17) is 23.2 Å². The van der Waals surface area contributed by atoms with Crippen LogP contribution in [0.4, 0.5) is 0 Å². The molecule has 1 aromatic heterocycles. The van der Waals surface area contributed by atoms with E-state index in [1.165, 1.54) is 11.3 Å². The number of amides is 1. The molecule has 1 aliphatic rings. The third kappa shape index (κ3) is 5.22. The van der Waals surface area contributed by atoms with Gasteiger partial charge in [-0.05, 0) is 38.1 Å². The minimum Gasteiger partial charge on any atom is -0.337 e. The molecule has 4 nitrogen and oxygen atoms in total. The molecule has 0 unspecified atom stereocenters. The fourth-order valence-corrected chi connectivity index (χ4v) is 4.08. The lowest BCUT2D eigenvalue weighted by molar-refractivity contribution is 0.0702. The van der Waals surface area contributed by atoms with E-state index in [0.29, 0.717) is 21.8 Å². The number of thiazole rings is 1. The SMILES string of the molecule is CNC1CCN(C(=O)c2csc(-c3ccc(Cl)cc3Cl)n2)CC1.Cl.Cl. The number of aromatic nitrogens is 1. The monoisotopic (exact) mass is 441 g/mol. The Morgan fingerprint density at radius 1 is 1.28 bits per heavy atom. The second kappa shape index (κ2) is 9.95. The van der Waals surface area contributed by atoms with Crippen LogP contribution in [0.15, 0.2) is 23.6 Å². The number of benzene rings is 1. The van der Waals surface area contributed by atoms with Crippen molar-refractivity contribution in [3.8, 4) is 10.6 Å². The van der Waals surface area contributed by atoms with E-state index in [1.54, 1.807) is 17.5 Å². The topological polar surface area (TPSA) is 45.2 Å². The standard InChI is InChI=1S/C16H17Cl2N3OS.2ClH/c1-19-11-4-6-21(7-5-11)16(22)14-9-23-15(20-14)12-3-2-10(17)8-13(12)18;;/h2-3,8-9,11,19H,4-7H2,1H3;2*1H. The fraction of sp³-hybridized carbons (Fsp3) is 0.375. The Morgan fingerprint density at radius 2 is 1.96 bits per heavy atom. The van der Waals surface area contributed by atoms with Gasteiger partial charge in [0.15, 0.2) is 0 Å². The Hall–Kier alpha value is -0.560. The van der Waals surface area contributed by atoms with Crippen molar-refractivity contribution in [2.75, 3.05) is 20.1 Å². The minimum absolute atomic E-state index is 0. The summed E-state index contributed by atoms with van der Waals surface area (Å²) in [5.74, 6) is -0.00728. The first-order valence-electron chi connectivity index (χ1n) is 7.46. The summed E-state index contributed by atoms with van der Waals surface area (Å²) in [5, 5.41) is 6.92. The van der Waals surface area contributed by atoms with Gasteiger partial charge in [-0.15, -0.1) is 36.2 Å². The molecule has 0 bridgehead atoms. The number of piperidine rings is 1. The zero-order chi connectivity index (χ0) is 16.4. The lowest BCUT2D eigenvalue weighted by Crippen LogP contribution is -2.44. The van der Waals surface area contributed by atoms with Crippen molar-refractivity contribution in [3.05, 3.63) is 39.3 Å². The smallest absolute Gasteiger partial charge is 0.273 e. The summed E-state index contributed by atoms with van der Waals surface area (Å²) in [4.78, 5) is 18.9. The molecule has 2 heterocycles. The number of hydrogen-bond acceptors (Lipinski definition) is 4. The molecule has 1 N–H and O–H groups in total. The Bertz CT molecular complexity index is 717. The molecule has 9 heteroatoms. The summed E-state index contributed by atoms with van der Waals surface area (Å²) in [6.07, 6.45) is 1.95. The lowest BCUT2D eigenvalue weighted by Gasteiger charge is -2.31. The van der Waals surface area contributed by atoms with Crippen LogP contribution >= 0.6 is 59.4 Å². The summed E-state index contributed by atoms with van der Waals surface area (Å²) in [7, 11) is 1.96. The van der Waals surface area contributed by atoms with Crippen LogP contribution in [0.1, 0.15) is 23.3 Å². The molecule has 2 aromatic rings. The van der Waals surface area contributed by atoms with Gasteiger partial charge in [0.05, 0.1) is 5.02 Å². The van der Waals surface area contributed by atoms with Crippen molar-refractivity contribution in [2.24, 2.45) is 0 Å². The molecule has 3 rings (SSSR count). The summed E-state index contributed by atoms with van der Waals surface area (Å²) in [6.45, 7) is 1.53. The van der Waals surface area contributed by atoms with Crippen molar-refractivity contribution in [1.82, 2.24) is 15.2 Å². The van der Waals surface area contributed by atoms with Crippen LogP contribution in [0.5, 0.6) is 0 Å². The number of rotatable bonds is 3. The minimum atomic E-state index is -0.00728. The number of carbonyl (C=O) groups is 1. The molecule has 1 fully saturated rings. The predicted molar refractivity (Wildman–Crippen MR) is 110 cm³/mol. The van der Waals surface area contributed by atoms with Gasteiger partial charge in [-0.3, -0.25) is 4.79 Å². The first-order chi connectivity index (χ1) is 11.1. The second-order valence-corrected chi connectivity index (χ2v) is 7.22.